The van der Waals surface area contributed by atoms with Gasteiger partial charge in [0, 0.05) is 6.61 Å². The molecule has 0 aliphatic heterocycles. The molecule has 7 heteroatoms. The third-order valence-corrected chi connectivity index (χ3v) is 1.51. The molecule has 4 nitrogen and oxygen atoms in total. The topological polar surface area (TPSA) is 44.8 Å². The molecule has 0 saturated heterocycles. The minimum Gasteiger partial charge on any atom is -0.461 e. The fourth-order valence-corrected chi connectivity index (χ4v) is 0.750. The van der Waals surface area contributed by atoms with Crippen molar-refractivity contribution in [3.8, 4) is 0 Å². The lowest BCUT2D eigenvalue weighted by molar-refractivity contribution is -0.193. The Labute approximate surface area is 91.7 Å². The molecule has 0 radical (unpaired) electrons. The zero-order valence-corrected chi connectivity index (χ0v) is 9.17. The third kappa shape index (κ3) is 8.49. The maximum absolute atomic E-state index is 11.7. The SMILES string of the molecule is CCOCCOC(=O)C(C)OCC(F)(F)F. The van der Waals surface area contributed by atoms with Gasteiger partial charge in [0.2, 0.25) is 0 Å². The number of carbonyl (C=O) groups is 1. The number of rotatable bonds is 7. The van der Waals surface area contributed by atoms with Crippen LogP contribution in [0.5, 0.6) is 0 Å². The van der Waals surface area contributed by atoms with E-state index in [0.29, 0.717) is 6.61 Å². The summed E-state index contributed by atoms with van der Waals surface area (Å²) in [7, 11) is 0. The Hall–Kier alpha value is -0.820. The Kier molecular flexibility index (Phi) is 7.07. The van der Waals surface area contributed by atoms with E-state index in [1.165, 1.54) is 6.92 Å². The molecular formula is C9H15F3O4. The van der Waals surface area contributed by atoms with Gasteiger partial charge in [0.15, 0.2) is 6.10 Å². The normalized spacial score (nSPS) is 13.6. The molecule has 0 aromatic heterocycles. The second-order valence-electron chi connectivity index (χ2n) is 2.93. The molecular weight excluding hydrogens is 229 g/mol. The van der Waals surface area contributed by atoms with E-state index in [2.05, 4.69) is 9.47 Å². The first kappa shape index (κ1) is 15.2. The van der Waals surface area contributed by atoms with Crippen LogP contribution in [0.1, 0.15) is 13.8 Å². The summed E-state index contributed by atoms with van der Waals surface area (Å²) in [5, 5.41) is 0. The molecule has 96 valence electrons. The molecule has 0 rings (SSSR count). The first-order valence-corrected chi connectivity index (χ1v) is 4.79. The van der Waals surface area contributed by atoms with Crippen LogP contribution in [0.4, 0.5) is 13.2 Å². The summed E-state index contributed by atoms with van der Waals surface area (Å²) >= 11 is 0. The van der Waals surface area contributed by atoms with Gasteiger partial charge in [0.05, 0.1) is 6.61 Å². The van der Waals surface area contributed by atoms with Gasteiger partial charge in [-0.25, -0.2) is 4.79 Å². The summed E-state index contributed by atoms with van der Waals surface area (Å²) in [6, 6.07) is 0. The van der Waals surface area contributed by atoms with E-state index in [1.54, 1.807) is 6.92 Å². The Morgan fingerprint density at radius 1 is 1.31 bits per heavy atom. The van der Waals surface area contributed by atoms with Gasteiger partial charge in [-0.15, -0.1) is 0 Å². The highest BCUT2D eigenvalue weighted by Gasteiger charge is 2.30. The molecule has 0 saturated carbocycles. The lowest BCUT2D eigenvalue weighted by Gasteiger charge is -2.13. The van der Waals surface area contributed by atoms with Crippen molar-refractivity contribution in [1.82, 2.24) is 0 Å². The van der Waals surface area contributed by atoms with Crippen molar-refractivity contribution < 1.29 is 32.2 Å². The van der Waals surface area contributed by atoms with Gasteiger partial charge < -0.3 is 14.2 Å². The van der Waals surface area contributed by atoms with Gasteiger partial charge in [0.25, 0.3) is 0 Å². The number of esters is 1. The molecule has 0 fully saturated rings. The van der Waals surface area contributed by atoms with E-state index in [1.807, 2.05) is 0 Å². The first-order valence-electron chi connectivity index (χ1n) is 4.79. The van der Waals surface area contributed by atoms with E-state index >= 15 is 0 Å². The zero-order valence-electron chi connectivity index (χ0n) is 9.17. The summed E-state index contributed by atoms with van der Waals surface area (Å²) in [6.45, 7) is 2.22. The van der Waals surface area contributed by atoms with Crippen molar-refractivity contribution in [2.75, 3.05) is 26.4 Å². The number of alkyl halides is 3. The van der Waals surface area contributed by atoms with Gasteiger partial charge in [-0.05, 0) is 13.8 Å². The molecule has 0 bridgehead atoms. The summed E-state index contributed by atoms with van der Waals surface area (Å²) in [5.41, 5.74) is 0. The summed E-state index contributed by atoms with van der Waals surface area (Å²) in [5.74, 6) is -0.830. The molecule has 1 atom stereocenters. The van der Waals surface area contributed by atoms with Crippen LogP contribution in [0.15, 0.2) is 0 Å². The molecule has 0 aromatic rings. The van der Waals surface area contributed by atoms with Crippen molar-refractivity contribution >= 4 is 5.97 Å². The summed E-state index contributed by atoms with van der Waals surface area (Å²) in [4.78, 5) is 11.1. The van der Waals surface area contributed by atoms with Crippen molar-refractivity contribution in [3.63, 3.8) is 0 Å². The molecule has 0 aliphatic carbocycles. The monoisotopic (exact) mass is 244 g/mol. The van der Waals surface area contributed by atoms with Gasteiger partial charge in [-0.3, -0.25) is 0 Å². The van der Waals surface area contributed by atoms with E-state index in [0.717, 1.165) is 0 Å². The second kappa shape index (κ2) is 7.45. The minimum absolute atomic E-state index is 0.00634. The molecule has 0 spiro atoms. The van der Waals surface area contributed by atoms with Crippen molar-refractivity contribution in [1.29, 1.82) is 0 Å². The summed E-state index contributed by atoms with van der Waals surface area (Å²) < 4.78 is 49.0. The van der Waals surface area contributed by atoms with Crippen LogP contribution in [0.3, 0.4) is 0 Å². The quantitative estimate of drug-likeness (QED) is 0.503. The van der Waals surface area contributed by atoms with Gasteiger partial charge in [0.1, 0.15) is 13.2 Å². The largest absolute Gasteiger partial charge is 0.461 e. The predicted octanol–water partition coefficient (Wildman–Crippen LogP) is 1.53. The highest BCUT2D eigenvalue weighted by Crippen LogP contribution is 2.15. The number of ether oxygens (including phenoxy) is 3. The fraction of sp³-hybridized carbons (Fsp3) is 0.889. The van der Waals surface area contributed by atoms with Crippen LogP contribution in [0, 0.1) is 0 Å². The number of hydrogen-bond acceptors (Lipinski definition) is 4. The molecule has 0 amide bonds. The molecule has 1 unspecified atom stereocenters. The van der Waals surface area contributed by atoms with E-state index in [9.17, 15) is 18.0 Å². The highest BCUT2D eigenvalue weighted by molar-refractivity contribution is 5.74. The Morgan fingerprint density at radius 3 is 2.44 bits per heavy atom. The van der Waals surface area contributed by atoms with Crippen molar-refractivity contribution in [2.24, 2.45) is 0 Å². The zero-order chi connectivity index (χ0) is 12.6. The Morgan fingerprint density at radius 2 is 1.94 bits per heavy atom. The van der Waals surface area contributed by atoms with E-state index < -0.39 is 24.9 Å². The van der Waals surface area contributed by atoms with Crippen LogP contribution in [-0.4, -0.2) is 44.7 Å². The predicted molar refractivity (Wildman–Crippen MR) is 48.9 cm³/mol. The van der Waals surface area contributed by atoms with Gasteiger partial charge in [-0.2, -0.15) is 13.2 Å². The van der Waals surface area contributed by atoms with Crippen LogP contribution in [0.25, 0.3) is 0 Å². The Balaban J connectivity index is 3.65. The average Bonchev–Trinajstić information content (AvgIpc) is 2.19. The average molecular weight is 244 g/mol. The van der Waals surface area contributed by atoms with Gasteiger partial charge in [-0.1, -0.05) is 0 Å². The smallest absolute Gasteiger partial charge is 0.411 e. The molecule has 0 N–H and O–H groups in total. The minimum atomic E-state index is -4.44. The summed E-state index contributed by atoms with van der Waals surface area (Å²) in [6.07, 6.45) is -5.68. The maximum Gasteiger partial charge on any atom is 0.411 e. The second-order valence-corrected chi connectivity index (χ2v) is 2.93. The number of carbonyl (C=O) groups excluding carboxylic acids is 1. The first-order chi connectivity index (χ1) is 7.37. The fourth-order valence-electron chi connectivity index (χ4n) is 0.750. The van der Waals surface area contributed by atoms with Crippen LogP contribution < -0.4 is 0 Å². The molecule has 0 aromatic carbocycles. The number of hydrogen-bond donors (Lipinski definition) is 0. The molecule has 0 heterocycles. The highest BCUT2D eigenvalue weighted by atomic mass is 19.4. The van der Waals surface area contributed by atoms with E-state index in [4.69, 9.17) is 4.74 Å². The van der Waals surface area contributed by atoms with E-state index in [-0.39, 0.29) is 13.2 Å². The third-order valence-electron chi connectivity index (χ3n) is 1.51. The Bertz CT molecular complexity index is 205. The molecule has 0 aliphatic rings. The molecule has 16 heavy (non-hydrogen) atoms. The maximum atomic E-state index is 11.7. The van der Waals surface area contributed by atoms with Crippen LogP contribution >= 0.6 is 0 Å². The standard InChI is InChI=1S/C9H15F3O4/c1-3-14-4-5-15-8(13)7(2)16-6-9(10,11)12/h7H,3-6H2,1-2H3. The number of halogens is 3. The van der Waals surface area contributed by atoms with Crippen molar-refractivity contribution in [2.45, 2.75) is 26.1 Å². The lowest BCUT2D eigenvalue weighted by atomic mass is 10.4. The lowest BCUT2D eigenvalue weighted by Crippen LogP contribution is -2.29. The van der Waals surface area contributed by atoms with Crippen LogP contribution in [-0.2, 0) is 19.0 Å². The van der Waals surface area contributed by atoms with Crippen LogP contribution in [0.2, 0.25) is 0 Å². The van der Waals surface area contributed by atoms with Crippen molar-refractivity contribution in [3.05, 3.63) is 0 Å². The van der Waals surface area contributed by atoms with Gasteiger partial charge >= 0.3 is 12.1 Å².